The number of carbonyl (C=O) groups is 3. The van der Waals surface area contributed by atoms with Crippen LogP contribution in [-0.2, 0) is 14.4 Å². The van der Waals surface area contributed by atoms with Gasteiger partial charge in [-0.3, -0.25) is 14.6 Å². The first-order valence-corrected chi connectivity index (χ1v) is 5.08. The first-order chi connectivity index (χ1) is 8.09. The van der Waals surface area contributed by atoms with Crippen molar-refractivity contribution in [2.75, 3.05) is 0 Å². The average Bonchev–Trinajstić information content (AvgIpc) is 2.57. The number of amides is 2. The van der Waals surface area contributed by atoms with Crippen molar-refractivity contribution in [3.63, 3.8) is 0 Å². The van der Waals surface area contributed by atoms with E-state index >= 15 is 0 Å². The molecular formula is C11H10N2O4. The highest BCUT2D eigenvalue weighted by molar-refractivity contribution is 6.03. The molecule has 1 aliphatic rings. The Balaban J connectivity index is 2.10. The molecule has 1 aromatic heterocycles. The fourth-order valence-corrected chi connectivity index (χ4v) is 1.47. The predicted octanol–water partition coefficient (Wildman–Crippen LogP) is 0.548. The molecule has 2 rings (SSSR count). The minimum atomic E-state index is -0.770. The van der Waals surface area contributed by atoms with Crippen LogP contribution >= 0.6 is 0 Å². The summed E-state index contributed by atoms with van der Waals surface area (Å²) in [5.41, 5.74) is 0.188. The quantitative estimate of drug-likeness (QED) is 0.698. The van der Waals surface area contributed by atoms with Gasteiger partial charge in [-0.1, -0.05) is 6.92 Å². The third kappa shape index (κ3) is 2.15. The Kier molecular flexibility index (Phi) is 2.86. The maximum absolute atomic E-state index is 11.6. The molecule has 17 heavy (non-hydrogen) atoms. The maximum atomic E-state index is 11.6. The lowest BCUT2D eigenvalue weighted by molar-refractivity contribution is -0.173. The van der Waals surface area contributed by atoms with Crippen molar-refractivity contribution in [1.82, 2.24) is 10.0 Å². The number of nitrogens with zero attached hydrogens (tertiary/aromatic N) is 2. The van der Waals surface area contributed by atoms with Crippen molar-refractivity contribution in [2.24, 2.45) is 5.92 Å². The summed E-state index contributed by atoms with van der Waals surface area (Å²) in [7, 11) is 0. The van der Waals surface area contributed by atoms with E-state index in [4.69, 9.17) is 4.84 Å². The Hall–Kier alpha value is -2.24. The minimum Gasteiger partial charge on any atom is -0.325 e. The van der Waals surface area contributed by atoms with Crippen LogP contribution in [0.1, 0.15) is 23.7 Å². The van der Waals surface area contributed by atoms with Gasteiger partial charge < -0.3 is 4.84 Å². The zero-order valence-electron chi connectivity index (χ0n) is 9.12. The summed E-state index contributed by atoms with van der Waals surface area (Å²) < 4.78 is 0. The van der Waals surface area contributed by atoms with Gasteiger partial charge in [0.25, 0.3) is 11.8 Å². The van der Waals surface area contributed by atoms with Gasteiger partial charge in [0.05, 0.1) is 5.56 Å². The fraction of sp³-hybridized carbons (Fsp3) is 0.273. The Morgan fingerprint density at radius 2 is 2.29 bits per heavy atom. The molecule has 88 valence electrons. The Bertz CT molecular complexity index is 472. The molecule has 2 heterocycles. The molecule has 0 unspecified atom stereocenters. The van der Waals surface area contributed by atoms with Gasteiger partial charge in [0.15, 0.2) is 0 Å². The van der Waals surface area contributed by atoms with Crippen LogP contribution in [0.4, 0.5) is 0 Å². The highest BCUT2D eigenvalue weighted by Gasteiger charge is 2.39. The van der Waals surface area contributed by atoms with Crippen molar-refractivity contribution in [2.45, 2.75) is 13.3 Å². The largest absolute Gasteiger partial charge is 0.365 e. The second-order valence-corrected chi connectivity index (χ2v) is 3.75. The summed E-state index contributed by atoms with van der Waals surface area (Å²) in [6.45, 7) is 1.61. The van der Waals surface area contributed by atoms with Crippen LogP contribution in [0.15, 0.2) is 24.5 Å². The van der Waals surface area contributed by atoms with Gasteiger partial charge in [-0.2, -0.15) is 0 Å². The maximum Gasteiger partial charge on any atom is 0.365 e. The van der Waals surface area contributed by atoms with Gasteiger partial charge in [-0.05, 0) is 12.1 Å². The van der Waals surface area contributed by atoms with Gasteiger partial charge in [-0.15, -0.1) is 5.06 Å². The Morgan fingerprint density at radius 3 is 2.82 bits per heavy atom. The number of hydroxylamine groups is 2. The molecule has 0 spiro atoms. The summed E-state index contributed by atoms with van der Waals surface area (Å²) in [6.07, 6.45) is 2.88. The van der Waals surface area contributed by atoms with E-state index in [-0.39, 0.29) is 12.0 Å². The Labute approximate surface area is 97.1 Å². The molecule has 1 saturated heterocycles. The molecule has 6 heteroatoms. The highest BCUT2D eigenvalue weighted by Crippen LogP contribution is 2.19. The monoisotopic (exact) mass is 234 g/mol. The number of hydrogen-bond donors (Lipinski definition) is 0. The van der Waals surface area contributed by atoms with Crippen molar-refractivity contribution >= 4 is 17.8 Å². The van der Waals surface area contributed by atoms with Crippen molar-refractivity contribution in [1.29, 1.82) is 0 Å². The van der Waals surface area contributed by atoms with E-state index in [9.17, 15) is 14.4 Å². The molecule has 0 aromatic carbocycles. The van der Waals surface area contributed by atoms with Crippen molar-refractivity contribution < 1.29 is 19.2 Å². The molecule has 0 bridgehead atoms. The van der Waals surface area contributed by atoms with E-state index in [0.717, 1.165) is 0 Å². The summed E-state index contributed by atoms with van der Waals surface area (Å²) in [6, 6.07) is 3.05. The van der Waals surface area contributed by atoms with Crippen LogP contribution < -0.4 is 0 Å². The van der Waals surface area contributed by atoms with E-state index < -0.39 is 23.7 Å². The summed E-state index contributed by atoms with van der Waals surface area (Å²) in [5, 5.41) is 0.528. The van der Waals surface area contributed by atoms with Gasteiger partial charge >= 0.3 is 5.97 Å². The fourth-order valence-electron chi connectivity index (χ4n) is 1.47. The lowest BCUT2D eigenvalue weighted by Crippen LogP contribution is -2.33. The first kappa shape index (κ1) is 11.3. The number of hydrogen-bond acceptors (Lipinski definition) is 5. The topological polar surface area (TPSA) is 76.6 Å². The van der Waals surface area contributed by atoms with Gasteiger partial charge in [-0.25, -0.2) is 4.79 Å². The molecule has 0 saturated carbocycles. The summed E-state index contributed by atoms with van der Waals surface area (Å²) in [5.74, 6) is -2.20. The normalized spacial score (nSPS) is 19.6. The van der Waals surface area contributed by atoms with Crippen molar-refractivity contribution in [3.8, 4) is 0 Å². The SMILES string of the molecule is C[C@H]1CC(=O)N(OC(=O)c2cccnc2)C1=O. The molecule has 6 nitrogen and oxygen atoms in total. The smallest absolute Gasteiger partial charge is 0.325 e. The van der Waals surface area contributed by atoms with Gasteiger partial charge in [0.1, 0.15) is 0 Å². The third-order valence-electron chi connectivity index (χ3n) is 2.40. The summed E-state index contributed by atoms with van der Waals surface area (Å²) >= 11 is 0. The predicted molar refractivity (Wildman–Crippen MR) is 55.3 cm³/mol. The molecule has 1 aromatic rings. The van der Waals surface area contributed by atoms with Gasteiger partial charge in [0, 0.05) is 24.7 Å². The molecule has 0 radical (unpaired) electrons. The zero-order chi connectivity index (χ0) is 12.4. The molecule has 1 fully saturated rings. The summed E-state index contributed by atoms with van der Waals surface area (Å²) in [4.78, 5) is 43.0. The highest BCUT2D eigenvalue weighted by atomic mass is 16.7. The van der Waals surface area contributed by atoms with Crippen LogP contribution in [0, 0.1) is 5.92 Å². The molecule has 2 amide bonds. The second kappa shape index (κ2) is 4.32. The van der Waals surface area contributed by atoms with Crippen molar-refractivity contribution in [3.05, 3.63) is 30.1 Å². The molecule has 0 aliphatic carbocycles. The number of rotatable bonds is 2. The van der Waals surface area contributed by atoms with Crippen LogP contribution in [0.3, 0.4) is 0 Å². The van der Waals surface area contributed by atoms with E-state index in [2.05, 4.69) is 4.98 Å². The van der Waals surface area contributed by atoms with Crippen LogP contribution in [0.25, 0.3) is 0 Å². The van der Waals surface area contributed by atoms with Crippen LogP contribution in [0.2, 0.25) is 0 Å². The number of carbonyl (C=O) groups excluding carboxylic acids is 3. The average molecular weight is 234 g/mol. The molecular weight excluding hydrogens is 224 g/mol. The second-order valence-electron chi connectivity index (χ2n) is 3.75. The first-order valence-electron chi connectivity index (χ1n) is 5.08. The van der Waals surface area contributed by atoms with E-state index in [1.54, 1.807) is 13.0 Å². The minimum absolute atomic E-state index is 0.0686. The van der Waals surface area contributed by atoms with E-state index in [1.807, 2.05) is 0 Å². The van der Waals surface area contributed by atoms with Crippen LogP contribution in [0.5, 0.6) is 0 Å². The number of imide groups is 1. The van der Waals surface area contributed by atoms with E-state index in [0.29, 0.717) is 5.06 Å². The lowest BCUT2D eigenvalue weighted by Gasteiger charge is -2.12. The standard InChI is InChI=1S/C11H10N2O4/c1-7-5-9(14)13(10(7)15)17-11(16)8-3-2-4-12-6-8/h2-4,6-7H,5H2,1H3/t7-/m0/s1. The van der Waals surface area contributed by atoms with E-state index in [1.165, 1.54) is 18.5 Å². The molecule has 1 atom stereocenters. The van der Waals surface area contributed by atoms with Gasteiger partial charge in [0.2, 0.25) is 0 Å². The lowest BCUT2D eigenvalue weighted by atomic mass is 10.1. The molecule has 0 N–H and O–H groups in total. The Morgan fingerprint density at radius 1 is 1.53 bits per heavy atom. The third-order valence-corrected chi connectivity index (χ3v) is 2.40. The molecule has 1 aliphatic heterocycles. The number of aromatic nitrogens is 1. The zero-order valence-corrected chi connectivity index (χ0v) is 9.12. The number of pyridine rings is 1. The van der Waals surface area contributed by atoms with Crippen LogP contribution in [-0.4, -0.2) is 27.8 Å².